The van der Waals surface area contributed by atoms with E-state index >= 15 is 0 Å². The lowest BCUT2D eigenvalue weighted by Crippen LogP contribution is -2.26. The van der Waals surface area contributed by atoms with Crippen LogP contribution in [-0.2, 0) is 24.1 Å². The van der Waals surface area contributed by atoms with E-state index in [1.54, 1.807) is 7.11 Å². The zero-order chi connectivity index (χ0) is 13.9. The van der Waals surface area contributed by atoms with Crippen LogP contribution in [0.4, 0.5) is 0 Å². The van der Waals surface area contributed by atoms with Gasteiger partial charge in [-0.1, -0.05) is 20.8 Å². The lowest BCUT2D eigenvalue weighted by molar-refractivity contribution is 0.199. The molecule has 0 spiro atoms. The first-order valence-corrected chi connectivity index (χ1v) is 7.99. The van der Waals surface area contributed by atoms with Crippen molar-refractivity contribution < 1.29 is 4.74 Å². The van der Waals surface area contributed by atoms with Crippen LogP contribution in [0.1, 0.15) is 42.8 Å². The quantitative estimate of drug-likeness (QED) is 0.843. The third-order valence-corrected chi connectivity index (χ3v) is 5.09. The Morgan fingerprint density at radius 1 is 1.42 bits per heavy atom. The van der Waals surface area contributed by atoms with E-state index in [2.05, 4.69) is 26.1 Å². The number of nitrogens with zero attached hydrogens (tertiary/aromatic N) is 1. The van der Waals surface area contributed by atoms with Gasteiger partial charge in [0.1, 0.15) is 5.01 Å². The van der Waals surface area contributed by atoms with Gasteiger partial charge in [0, 0.05) is 25.1 Å². The Morgan fingerprint density at radius 2 is 2.21 bits per heavy atom. The maximum absolute atomic E-state index is 5.03. The minimum Gasteiger partial charge on any atom is -0.383 e. The molecule has 0 saturated heterocycles. The second-order valence-corrected chi connectivity index (χ2v) is 7.62. The summed E-state index contributed by atoms with van der Waals surface area (Å²) in [7, 11) is 1.73. The molecule has 1 aliphatic rings. The molecule has 1 unspecified atom stereocenters. The minimum atomic E-state index is 0.415. The Bertz CT molecular complexity index is 409. The fourth-order valence-corrected chi connectivity index (χ4v) is 3.78. The van der Waals surface area contributed by atoms with E-state index in [0.717, 1.165) is 32.0 Å². The van der Waals surface area contributed by atoms with Gasteiger partial charge in [-0.15, -0.1) is 11.3 Å². The number of fused-ring (bicyclic) bond motifs is 1. The summed E-state index contributed by atoms with van der Waals surface area (Å²) in [5.41, 5.74) is 1.77. The Labute approximate surface area is 120 Å². The van der Waals surface area contributed by atoms with Crippen molar-refractivity contribution >= 4 is 11.3 Å². The van der Waals surface area contributed by atoms with E-state index in [9.17, 15) is 0 Å². The van der Waals surface area contributed by atoms with Crippen molar-refractivity contribution in [2.75, 3.05) is 20.3 Å². The van der Waals surface area contributed by atoms with Crippen molar-refractivity contribution in [3.63, 3.8) is 0 Å². The van der Waals surface area contributed by atoms with E-state index in [0.29, 0.717) is 5.41 Å². The predicted octanol–water partition coefficient (Wildman–Crippen LogP) is 3.03. The Hall–Kier alpha value is -0.450. The molecule has 3 nitrogen and oxygen atoms in total. The van der Waals surface area contributed by atoms with Crippen LogP contribution in [0.5, 0.6) is 0 Å². The molecular weight excluding hydrogens is 256 g/mol. The summed E-state index contributed by atoms with van der Waals surface area (Å²) in [6, 6.07) is 0. The monoisotopic (exact) mass is 282 g/mol. The number of thiazole rings is 1. The molecule has 0 aliphatic heterocycles. The van der Waals surface area contributed by atoms with Gasteiger partial charge in [0.2, 0.25) is 0 Å². The lowest BCUT2D eigenvalue weighted by atomic mass is 9.73. The summed E-state index contributed by atoms with van der Waals surface area (Å²) in [4.78, 5) is 6.30. The highest BCUT2D eigenvalue weighted by Gasteiger charge is 2.30. The van der Waals surface area contributed by atoms with Crippen LogP contribution in [0, 0.1) is 11.3 Å². The van der Waals surface area contributed by atoms with Gasteiger partial charge in [0.05, 0.1) is 12.3 Å². The van der Waals surface area contributed by atoms with E-state index in [1.807, 2.05) is 11.3 Å². The van der Waals surface area contributed by atoms with Gasteiger partial charge in [0.25, 0.3) is 0 Å². The number of aryl methyl sites for hydroxylation is 1. The van der Waals surface area contributed by atoms with Crippen LogP contribution in [0.15, 0.2) is 0 Å². The van der Waals surface area contributed by atoms with E-state index in [4.69, 9.17) is 9.72 Å². The van der Waals surface area contributed by atoms with Crippen molar-refractivity contribution in [2.24, 2.45) is 11.3 Å². The number of methoxy groups -OCH3 is 1. The fraction of sp³-hybridized carbons (Fsp3) is 0.800. The van der Waals surface area contributed by atoms with Crippen molar-refractivity contribution in [3.8, 4) is 0 Å². The minimum absolute atomic E-state index is 0.415. The molecule has 1 aliphatic carbocycles. The molecule has 1 aromatic rings. The number of aromatic nitrogens is 1. The third-order valence-electron chi connectivity index (χ3n) is 3.97. The zero-order valence-corrected chi connectivity index (χ0v) is 13.4. The maximum atomic E-state index is 5.03. The van der Waals surface area contributed by atoms with Crippen molar-refractivity contribution in [1.29, 1.82) is 0 Å². The van der Waals surface area contributed by atoms with Gasteiger partial charge in [-0.25, -0.2) is 4.98 Å². The van der Waals surface area contributed by atoms with E-state index in [1.165, 1.54) is 28.4 Å². The molecule has 19 heavy (non-hydrogen) atoms. The molecule has 1 heterocycles. The van der Waals surface area contributed by atoms with Crippen LogP contribution in [0.3, 0.4) is 0 Å². The molecule has 0 fully saturated rings. The summed E-state index contributed by atoms with van der Waals surface area (Å²) in [5, 5.41) is 4.61. The highest BCUT2D eigenvalue weighted by Crippen LogP contribution is 2.38. The first-order valence-electron chi connectivity index (χ1n) is 7.18. The predicted molar refractivity (Wildman–Crippen MR) is 80.7 cm³/mol. The number of rotatable bonds is 5. The summed E-state index contributed by atoms with van der Waals surface area (Å²) >= 11 is 1.90. The van der Waals surface area contributed by atoms with Gasteiger partial charge < -0.3 is 10.1 Å². The second-order valence-electron chi connectivity index (χ2n) is 6.45. The Balaban J connectivity index is 1.93. The van der Waals surface area contributed by atoms with Crippen LogP contribution >= 0.6 is 11.3 Å². The van der Waals surface area contributed by atoms with Crippen molar-refractivity contribution in [3.05, 3.63) is 15.6 Å². The van der Waals surface area contributed by atoms with Crippen molar-refractivity contribution in [1.82, 2.24) is 10.3 Å². The van der Waals surface area contributed by atoms with Gasteiger partial charge in [-0.2, -0.15) is 0 Å². The first-order chi connectivity index (χ1) is 9.00. The summed E-state index contributed by atoms with van der Waals surface area (Å²) in [6.07, 6.45) is 3.66. The zero-order valence-electron chi connectivity index (χ0n) is 12.6. The SMILES string of the molecule is COCCNCc1nc2c(s1)CC(C(C)(C)C)CC2. The largest absolute Gasteiger partial charge is 0.383 e. The molecule has 1 atom stereocenters. The molecule has 0 aromatic carbocycles. The number of hydrogen-bond donors (Lipinski definition) is 1. The van der Waals surface area contributed by atoms with Gasteiger partial charge in [0.15, 0.2) is 0 Å². The number of nitrogens with one attached hydrogen (secondary N) is 1. The molecule has 0 amide bonds. The fourth-order valence-electron chi connectivity index (χ4n) is 2.61. The molecule has 108 valence electrons. The average Bonchev–Trinajstić information content (AvgIpc) is 2.75. The highest BCUT2D eigenvalue weighted by atomic mass is 32.1. The number of hydrogen-bond acceptors (Lipinski definition) is 4. The molecule has 4 heteroatoms. The van der Waals surface area contributed by atoms with Crippen LogP contribution < -0.4 is 5.32 Å². The normalized spacial score (nSPS) is 19.5. The molecule has 0 bridgehead atoms. The molecule has 0 radical (unpaired) electrons. The lowest BCUT2D eigenvalue weighted by Gasteiger charge is -2.33. The molecular formula is C15H26N2OS. The Kier molecular flexibility index (Phi) is 4.98. The van der Waals surface area contributed by atoms with Gasteiger partial charge >= 0.3 is 0 Å². The average molecular weight is 282 g/mol. The second kappa shape index (κ2) is 6.33. The summed E-state index contributed by atoms with van der Waals surface area (Å²) < 4.78 is 5.03. The highest BCUT2D eigenvalue weighted by molar-refractivity contribution is 7.11. The van der Waals surface area contributed by atoms with Crippen LogP contribution in [-0.4, -0.2) is 25.2 Å². The Morgan fingerprint density at radius 3 is 2.89 bits per heavy atom. The topological polar surface area (TPSA) is 34.1 Å². The van der Waals surface area contributed by atoms with Gasteiger partial charge in [-0.05, 0) is 30.6 Å². The first kappa shape index (κ1) is 14.9. The maximum Gasteiger partial charge on any atom is 0.107 e. The number of ether oxygens (including phenoxy) is 1. The molecule has 1 aromatic heterocycles. The molecule has 0 saturated carbocycles. The standard InChI is InChI=1S/C15H26N2OS/c1-15(2,3)11-5-6-12-13(9-11)19-14(17-12)10-16-7-8-18-4/h11,16H,5-10H2,1-4H3. The molecule has 1 N–H and O–H groups in total. The summed E-state index contributed by atoms with van der Waals surface area (Å²) in [6.45, 7) is 9.61. The van der Waals surface area contributed by atoms with Crippen LogP contribution in [0.25, 0.3) is 0 Å². The van der Waals surface area contributed by atoms with Crippen LogP contribution in [0.2, 0.25) is 0 Å². The smallest absolute Gasteiger partial charge is 0.107 e. The van der Waals surface area contributed by atoms with Gasteiger partial charge in [-0.3, -0.25) is 0 Å². The third kappa shape index (κ3) is 4.01. The summed E-state index contributed by atoms with van der Waals surface area (Å²) in [5.74, 6) is 0.801. The molecule has 2 rings (SSSR count). The van der Waals surface area contributed by atoms with E-state index < -0.39 is 0 Å². The van der Waals surface area contributed by atoms with Crippen molar-refractivity contribution in [2.45, 2.75) is 46.6 Å². The van der Waals surface area contributed by atoms with E-state index in [-0.39, 0.29) is 0 Å².